The summed E-state index contributed by atoms with van der Waals surface area (Å²) < 4.78 is 25.5. The fourth-order valence-corrected chi connectivity index (χ4v) is 6.77. The van der Waals surface area contributed by atoms with E-state index in [0.717, 1.165) is 12.0 Å². The Morgan fingerprint density at radius 1 is 0.974 bits per heavy atom. The third kappa shape index (κ3) is 2.92. The molecule has 0 amide bonds. The van der Waals surface area contributed by atoms with Crippen LogP contribution in [0.1, 0.15) is 46.1 Å². The zero-order valence-corrected chi connectivity index (χ0v) is 21.9. The Labute approximate surface area is 225 Å². The zero-order chi connectivity index (χ0) is 26.9. The molecule has 3 atom stereocenters. The predicted octanol–water partition coefficient (Wildman–Crippen LogP) is 3.88. The molecular weight excluding hydrogens is 496 g/mol. The van der Waals surface area contributed by atoms with Gasteiger partial charge in [-0.05, 0) is 24.1 Å². The number of hydrogen-bond acceptors (Lipinski definition) is 7. The summed E-state index contributed by atoms with van der Waals surface area (Å²) in [5.74, 6) is 2.00. The number of methoxy groups -OCH3 is 3. The Morgan fingerprint density at radius 2 is 1.72 bits per heavy atom. The molecule has 0 saturated heterocycles. The number of ether oxygens (including phenoxy) is 4. The van der Waals surface area contributed by atoms with Gasteiger partial charge in [0.2, 0.25) is 0 Å². The minimum atomic E-state index is -1.85. The normalized spacial score (nSPS) is 23.8. The van der Waals surface area contributed by atoms with Crippen LogP contribution in [0.5, 0.6) is 23.0 Å². The highest BCUT2D eigenvalue weighted by molar-refractivity contribution is 5.68. The molecule has 2 aliphatic heterocycles. The van der Waals surface area contributed by atoms with Gasteiger partial charge in [-0.1, -0.05) is 42.5 Å². The fraction of sp³-hybridized carbons (Fsp3) is 0.290. The van der Waals surface area contributed by atoms with Crippen LogP contribution in [0.25, 0.3) is 0 Å². The second-order valence-corrected chi connectivity index (χ2v) is 10.2. The highest BCUT2D eigenvalue weighted by atomic mass is 16.5. The Bertz CT molecular complexity index is 1670. The van der Waals surface area contributed by atoms with Gasteiger partial charge < -0.3 is 24.1 Å². The van der Waals surface area contributed by atoms with E-state index in [9.17, 15) is 9.90 Å². The maximum Gasteiger partial charge on any atom is 0.257 e. The molecule has 0 spiro atoms. The third-order valence-electron chi connectivity index (χ3n) is 8.42. The van der Waals surface area contributed by atoms with Gasteiger partial charge >= 0.3 is 0 Å². The molecule has 7 rings (SSSR count). The second kappa shape index (κ2) is 8.35. The Morgan fingerprint density at radius 3 is 2.41 bits per heavy atom. The van der Waals surface area contributed by atoms with Crippen LogP contribution >= 0.6 is 0 Å². The van der Waals surface area contributed by atoms with Crippen molar-refractivity contribution in [3.05, 3.63) is 111 Å². The molecule has 39 heavy (non-hydrogen) atoms. The molecule has 0 unspecified atom stereocenters. The van der Waals surface area contributed by atoms with Crippen LogP contribution in [-0.4, -0.2) is 36.0 Å². The first-order valence-corrected chi connectivity index (χ1v) is 13.0. The van der Waals surface area contributed by atoms with E-state index in [-0.39, 0.29) is 5.56 Å². The molecule has 0 radical (unpaired) electrons. The van der Waals surface area contributed by atoms with Crippen molar-refractivity contribution < 1.29 is 24.1 Å². The zero-order valence-electron chi connectivity index (χ0n) is 21.9. The van der Waals surface area contributed by atoms with Crippen molar-refractivity contribution in [3.8, 4) is 23.0 Å². The van der Waals surface area contributed by atoms with E-state index in [4.69, 9.17) is 23.9 Å². The van der Waals surface area contributed by atoms with Crippen LogP contribution in [-0.2, 0) is 24.2 Å². The smallest absolute Gasteiger partial charge is 0.257 e. The monoisotopic (exact) mass is 524 g/mol. The number of rotatable bonds is 5. The third-order valence-corrected chi connectivity index (χ3v) is 8.42. The maximum absolute atomic E-state index is 14.2. The highest BCUT2D eigenvalue weighted by Gasteiger charge is 2.74. The van der Waals surface area contributed by atoms with Gasteiger partial charge in [0.05, 0.1) is 44.1 Å². The van der Waals surface area contributed by atoms with Crippen LogP contribution in [0, 0.1) is 0 Å². The van der Waals surface area contributed by atoms with Gasteiger partial charge in [0.1, 0.15) is 28.8 Å². The first-order valence-electron chi connectivity index (χ1n) is 13.0. The number of fused-ring (bicyclic) bond motifs is 6. The molecule has 3 aliphatic rings. The Balaban J connectivity index is 1.65. The van der Waals surface area contributed by atoms with Crippen molar-refractivity contribution in [1.82, 2.24) is 9.55 Å². The molecule has 1 N–H and O–H groups in total. The van der Waals surface area contributed by atoms with E-state index in [1.165, 1.54) is 0 Å². The molecule has 1 aliphatic carbocycles. The van der Waals surface area contributed by atoms with E-state index >= 15 is 0 Å². The molecule has 0 saturated carbocycles. The van der Waals surface area contributed by atoms with Crippen molar-refractivity contribution in [2.45, 2.75) is 36.5 Å². The van der Waals surface area contributed by atoms with Gasteiger partial charge in [-0.25, -0.2) is 4.98 Å². The van der Waals surface area contributed by atoms with Crippen LogP contribution in [0.3, 0.4) is 0 Å². The van der Waals surface area contributed by atoms with Crippen LogP contribution < -0.4 is 24.5 Å². The van der Waals surface area contributed by atoms with E-state index in [2.05, 4.69) is 0 Å². The lowest BCUT2D eigenvalue weighted by Crippen LogP contribution is -2.49. The van der Waals surface area contributed by atoms with Gasteiger partial charge in [0, 0.05) is 30.7 Å². The fourth-order valence-electron chi connectivity index (χ4n) is 6.77. The van der Waals surface area contributed by atoms with Crippen molar-refractivity contribution in [2.24, 2.45) is 0 Å². The number of nitrogens with zero attached hydrogens (tertiary/aromatic N) is 2. The Hall–Kier alpha value is -4.30. The van der Waals surface area contributed by atoms with E-state index < -0.39 is 17.1 Å². The van der Waals surface area contributed by atoms with Crippen molar-refractivity contribution in [2.75, 3.05) is 21.3 Å². The molecule has 0 fully saturated rings. The summed E-state index contributed by atoms with van der Waals surface area (Å²) >= 11 is 0. The van der Waals surface area contributed by atoms with Crippen molar-refractivity contribution >= 4 is 0 Å². The molecule has 3 heterocycles. The largest absolute Gasteiger partial charge is 0.497 e. The van der Waals surface area contributed by atoms with Crippen LogP contribution in [0.2, 0.25) is 0 Å². The average Bonchev–Trinajstić information content (AvgIpc) is 3.62. The molecule has 0 bridgehead atoms. The van der Waals surface area contributed by atoms with Gasteiger partial charge in [-0.15, -0.1) is 0 Å². The molecule has 3 aromatic carbocycles. The first-order chi connectivity index (χ1) is 19.0. The average molecular weight is 525 g/mol. The lowest BCUT2D eigenvalue weighted by Gasteiger charge is -2.40. The van der Waals surface area contributed by atoms with E-state index in [1.807, 2.05) is 54.6 Å². The molecule has 198 valence electrons. The standard InChI is InChI=1S/C31H28N2O6/c1-36-20-13-11-19(12-14-20)31-26(18-8-5-4-6-9-18)25-28(32-24-10-7-15-33(24)29(25)34)30(31,35)27-22(38-3)16-21(37-2)17-23(27)39-31/h4-6,8-9,11-14,16-17,26,35H,7,10,15H2,1-3H3/t26-,30-,31+/m1/s1. The van der Waals surface area contributed by atoms with Crippen LogP contribution in [0.15, 0.2) is 71.5 Å². The van der Waals surface area contributed by atoms with Gasteiger partial charge in [0.25, 0.3) is 5.56 Å². The van der Waals surface area contributed by atoms with Crippen molar-refractivity contribution in [1.29, 1.82) is 0 Å². The van der Waals surface area contributed by atoms with E-state index in [1.54, 1.807) is 38.0 Å². The quantitative estimate of drug-likeness (QED) is 0.424. The minimum absolute atomic E-state index is 0.144. The molecule has 8 heteroatoms. The Kier molecular flexibility index (Phi) is 5.09. The van der Waals surface area contributed by atoms with Crippen LogP contribution in [0.4, 0.5) is 0 Å². The van der Waals surface area contributed by atoms with Crippen molar-refractivity contribution in [3.63, 3.8) is 0 Å². The number of aliphatic hydroxyl groups is 1. The lowest BCUT2D eigenvalue weighted by molar-refractivity contribution is -0.0910. The molecular formula is C31H28N2O6. The molecule has 8 nitrogen and oxygen atoms in total. The summed E-state index contributed by atoms with van der Waals surface area (Å²) in [6.07, 6.45) is 1.49. The van der Waals surface area contributed by atoms with Gasteiger partial charge in [0.15, 0.2) is 11.2 Å². The SMILES string of the molecule is COc1ccc([C@@]23Oc4cc(OC)cc(OC)c4[C@@]2(O)c2nc4n(c(=O)c2[C@H]3c2ccccc2)CCC4)cc1. The highest BCUT2D eigenvalue weighted by Crippen LogP contribution is 2.69. The summed E-state index contributed by atoms with van der Waals surface area (Å²) in [6, 6.07) is 20.6. The maximum atomic E-state index is 14.2. The number of benzene rings is 3. The summed E-state index contributed by atoms with van der Waals surface area (Å²) in [7, 11) is 4.72. The topological polar surface area (TPSA) is 92.0 Å². The summed E-state index contributed by atoms with van der Waals surface area (Å²) in [6.45, 7) is 0.599. The number of hydrogen-bond donors (Lipinski definition) is 1. The number of aryl methyl sites for hydroxylation is 1. The number of aromatic nitrogens is 2. The summed E-state index contributed by atoms with van der Waals surface area (Å²) in [4.78, 5) is 19.3. The second-order valence-electron chi connectivity index (χ2n) is 10.2. The summed E-state index contributed by atoms with van der Waals surface area (Å²) in [5, 5.41) is 13.2. The first kappa shape index (κ1) is 23.8. The molecule has 4 aromatic rings. The lowest BCUT2D eigenvalue weighted by atomic mass is 9.70. The van der Waals surface area contributed by atoms with Gasteiger partial charge in [-0.2, -0.15) is 0 Å². The summed E-state index contributed by atoms with van der Waals surface area (Å²) in [5.41, 5.74) is -0.762. The molecule has 1 aromatic heterocycles. The van der Waals surface area contributed by atoms with E-state index in [0.29, 0.717) is 64.2 Å². The minimum Gasteiger partial charge on any atom is -0.497 e. The predicted molar refractivity (Wildman–Crippen MR) is 143 cm³/mol. The van der Waals surface area contributed by atoms with Gasteiger partial charge in [-0.3, -0.25) is 9.36 Å².